The number of rotatable bonds is 4. The lowest BCUT2D eigenvalue weighted by molar-refractivity contribution is -0.150. The molecule has 0 spiro atoms. The Labute approximate surface area is 55.8 Å². The Kier molecular flexibility index (Phi) is 2.49. The van der Waals surface area contributed by atoms with Gasteiger partial charge in [-0.2, -0.15) is 0 Å². The molecule has 0 aromatic rings. The minimum Gasteiger partial charge on any atom is -0.346 e. The molecule has 0 saturated heterocycles. The fourth-order valence-electron chi connectivity index (χ4n) is 0.723. The van der Waals surface area contributed by atoms with Crippen molar-refractivity contribution in [1.82, 2.24) is 0 Å². The van der Waals surface area contributed by atoms with E-state index < -0.39 is 6.29 Å². The standard InChI is InChI=1S/C7H13O2/c1-2-3-7(8)9-6-4-5-6/h6-7H,2-5H2,1H3. The summed E-state index contributed by atoms with van der Waals surface area (Å²) in [5.41, 5.74) is 0. The molecule has 0 N–H and O–H groups in total. The maximum atomic E-state index is 10.8. The highest BCUT2D eigenvalue weighted by Crippen LogP contribution is 2.25. The molecule has 1 aliphatic rings. The molecule has 1 atom stereocenters. The van der Waals surface area contributed by atoms with E-state index in [-0.39, 0.29) is 0 Å². The first-order valence-electron chi connectivity index (χ1n) is 3.64. The Hall–Kier alpha value is -0.0800. The molecular weight excluding hydrogens is 116 g/mol. The van der Waals surface area contributed by atoms with Gasteiger partial charge in [0.1, 0.15) is 0 Å². The molecule has 0 amide bonds. The van der Waals surface area contributed by atoms with Gasteiger partial charge in [-0.3, -0.25) is 0 Å². The van der Waals surface area contributed by atoms with E-state index in [0.29, 0.717) is 12.5 Å². The van der Waals surface area contributed by atoms with Crippen LogP contribution >= 0.6 is 0 Å². The second-order valence-electron chi connectivity index (χ2n) is 2.55. The van der Waals surface area contributed by atoms with Crippen molar-refractivity contribution in [2.75, 3.05) is 0 Å². The molecule has 0 heterocycles. The van der Waals surface area contributed by atoms with E-state index in [1.807, 2.05) is 6.92 Å². The van der Waals surface area contributed by atoms with Crippen LogP contribution in [-0.2, 0) is 9.84 Å². The second kappa shape index (κ2) is 3.18. The maximum Gasteiger partial charge on any atom is 0.191 e. The first-order valence-corrected chi connectivity index (χ1v) is 3.64. The molecule has 1 unspecified atom stereocenters. The summed E-state index contributed by atoms with van der Waals surface area (Å²) in [6, 6.07) is 0. The average Bonchev–Trinajstić information content (AvgIpc) is 2.50. The van der Waals surface area contributed by atoms with Gasteiger partial charge in [-0.05, 0) is 12.8 Å². The summed E-state index contributed by atoms with van der Waals surface area (Å²) < 4.78 is 5.05. The highest BCUT2D eigenvalue weighted by molar-refractivity contribution is 4.73. The predicted molar refractivity (Wildman–Crippen MR) is 33.5 cm³/mol. The summed E-state index contributed by atoms with van der Waals surface area (Å²) in [4.78, 5) is 0. The van der Waals surface area contributed by atoms with Crippen molar-refractivity contribution in [3.05, 3.63) is 0 Å². The van der Waals surface area contributed by atoms with Gasteiger partial charge >= 0.3 is 0 Å². The molecule has 9 heavy (non-hydrogen) atoms. The van der Waals surface area contributed by atoms with Gasteiger partial charge in [0.15, 0.2) is 6.29 Å². The van der Waals surface area contributed by atoms with Crippen LogP contribution in [0.4, 0.5) is 0 Å². The molecule has 0 bridgehead atoms. The van der Waals surface area contributed by atoms with Crippen LogP contribution in [-0.4, -0.2) is 12.4 Å². The van der Waals surface area contributed by atoms with E-state index in [2.05, 4.69) is 0 Å². The molecule has 2 nitrogen and oxygen atoms in total. The van der Waals surface area contributed by atoms with Gasteiger partial charge < -0.3 is 4.74 Å². The summed E-state index contributed by atoms with van der Waals surface area (Å²) in [7, 11) is 0. The lowest BCUT2D eigenvalue weighted by Crippen LogP contribution is -2.10. The zero-order valence-corrected chi connectivity index (χ0v) is 5.80. The predicted octanol–water partition coefficient (Wildman–Crippen LogP) is 1.72. The Morgan fingerprint density at radius 2 is 2.33 bits per heavy atom. The zero-order valence-electron chi connectivity index (χ0n) is 5.80. The van der Waals surface area contributed by atoms with Crippen molar-refractivity contribution in [2.45, 2.75) is 45.0 Å². The van der Waals surface area contributed by atoms with E-state index in [1.54, 1.807) is 0 Å². The van der Waals surface area contributed by atoms with Crippen LogP contribution in [0.25, 0.3) is 0 Å². The van der Waals surface area contributed by atoms with Crippen LogP contribution in [0.5, 0.6) is 0 Å². The molecule has 1 radical (unpaired) electrons. The lowest BCUT2D eigenvalue weighted by Gasteiger charge is -2.05. The molecule has 2 heteroatoms. The van der Waals surface area contributed by atoms with Gasteiger partial charge in [0.05, 0.1) is 6.10 Å². The summed E-state index contributed by atoms with van der Waals surface area (Å²) in [5.74, 6) is 0. The van der Waals surface area contributed by atoms with Crippen molar-refractivity contribution in [3.8, 4) is 0 Å². The molecule has 1 saturated carbocycles. The number of hydrogen-bond acceptors (Lipinski definition) is 1. The van der Waals surface area contributed by atoms with Crippen molar-refractivity contribution < 1.29 is 9.84 Å². The third kappa shape index (κ3) is 2.82. The SMILES string of the molecule is CCCC([O])OC1CC1. The Bertz CT molecular complexity index is 79.0. The largest absolute Gasteiger partial charge is 0.346 e. The Morgan fingerprint density at radius 1 is 1.67 bits per heavy atom. The van der Waals surface area contributed by atoms with Crippen molar-refractivity contribution >= 4 is 0 Å². The first kappa shape index (κ1) is 7.03. The molecule has 0 aromatic heterocycles. The zero-order chi connectivity index (χ0) is 6.69. The van der Waals surface area contributed by atoms with Crippen LogP contribution < -0.4 is 0 Å². The summed E-state index contributed by atoms with van der Waals surface area (Å²) in [5, 5.41) is 10.8. The molecular formula is C7H13O2. The van der Waals surface area contributed by atoms with E-state index >= 15 is 0 Å². The van der Waals surface area contributed by atoms with Crippen molar-refractivity contribution in [2.24, 2.45) is 0 Å². The quantitative estimate of drug-likeness (QED) is 0.531. The second-order valence-corrected chi connectivity index (χ2v) is 2.55. The van der Waals surface area contributed by atoms with Crippen LogP contribution in [0.2, 0.25) is 0 Å². The highest BCUT2D eigenvalue weighted by atomic mass is 16.6. The molecule has 1 aliphatic carbocycles. The molecule has 0 aliphatic heterocycles. The van der Waals surface area contributed by atoms with Gasteiger partial charge in [0, 0.05) is 6.42 Å². The highest BCUT2D eigenvalue weighted by Gasteiger charge is 2.25. The van der Waals surface area contributed by atoms with Gasteiger partial charge in [-0.15, -0.1) is 0 Å². The minimum absolute atomic E-state index is 0.319. The van der Waals surface area contributed by atoms with E-state index in [0.717, 1.165) is 19.3 Å². The van der Waals surface area contributed by atoms with Gasteiger partial charge in [-0.1, -0.05) is 13.3 Å². The average molecular weight is 129 g/mol. The lowest BCUT2D eigenvalue weighted by atomic mass is 10.3. The normalized spacial score (nSPS) is 22.0. The van der Waals surface area contributed by atoms with Crippen LogP contribution in [0.1, 0.15) is 32.6 Å². The third-order valence-electron chi connectivity index (χ3n) is 1.39. The van der Waals surface area contributed by atoms with Gasteiger partial charge in [0.25, 0.3) is 0 Å². The first-order chi connectivity index (χ1) is 4.33. The summed E-state index contributed by atoms with van der Waals surface area (Å²) in [6.45, 7) is 2.00. The van der Waals surface area contributed by atoms with Crippen LogP contribution in [0.15, 0.2) is 0 Å². The summed E-state index contributed by atoms with van der Waals surface area (Å²) >= 11 is 0. The van der Waals surface area contributed by atoms with Gasteiger partial charge in [-0.25, -0.2) is 5.11 Å². The van der Waals surface area contributed by atoms with E-state index in [1.165, 1.54) is 0 Å². The van der Waals surface area contributed by atoms with Crippen LogP contribution in [0, 0.1) is 0 Å². The van der Waals surface area contributed by atoms with Crippen molar-refractivity contribution in [3.63, 3.8) is 0 Å². The topological polar surface area (TPSA) is 29.1 Å². The van der Waals surface area contributed by atoms with E-state index in [9.17, 15) is 5.11 Å². The van der Waals surface area contributed by atoms with Crippen LogP contribution in [0.3, 0.4) is 0 Å². The van der Waals surface area contributed by atoms with Crippen molar-refractivity contribution in [1.29, 1.82) is 0 Å². The fourth-order valence-corrected chi connectivity index (χ4v) is 0.723. The molecule has 1 fully saturated rings. The molecule has 53 valence electrons. The number of hydrogen-bond donors (Lipinski definition) is 0. The third-order valence-corrected chi connectivity index (χ3v) is 1.39. The van der Waals surface area contributed by atoms with E-state index in [4.69, 9.17) is 4.74 Å². The number of ether oxygens (including phenoxy) is 1. The Balaban J connectivity index is 1.95. The Morgan fingerprint density at radius 3 is 2.78 bits per heavy atom. The van der Waals surface area contributed by atoms with Gasteiger partial charge in [0.2, 0.25) is 0 Å². The molecule has 0 aromatic carbocycles. The maximum absolute atomic E-state index is 10.8. The smallest absolute Gasteiger partial charge is 0.191 e. The summed E-state index contributed by atoms with van der Waals surface area (Å²) in [6.07, 6.45) is 3.36. The molecule has 1 rings (SSSR count). The minimum atomic E-state index is -0.748. The monoisotopic (exact) mass is 129 g/mol. The fraction of sp³-hybridized carbons (Fsp3) is 1.00.